The van der Waals surface area contributed by atoms with E-state index in [1.165, 1.54) is 5.56 Å². The van der Waals surface area contributed by atoms with E-state index >= 15 is 0 Å². The van der Waals surface area contributed by atoms with Crippen LogP contribution in [0.15, 0.2) is 36.5 Å². The molecular formula is C20H21N3O3. The summed E-state index contributed by atoms with van der Waals surface area (Å²) in [6.45, 7) is 2.23. The van der Waals surface area contributed by atoms with Gasteiger partial charge in [0.2, 0.25) is 5.91 Å². The Bertz CT molecular complexity index is 957. The molecule has 0 aliphatic carbocycles. The maximum absolute atomic E-state index is 12.4. The average Bonchev–Trinajstić information content (AvgIpc) is 3.05. The standard InChI is InChI=1S/C20H21N3O3/c1-12(24)23-11-9-13-14-6-5-10-21-20(14)22-18(13)19(23)17-15(25-2)7-4-8-16(17)26-3/h4-8,10,19H,9,11H2,1-3H3,(H,21,22). The summed E-state index contributed by atoms with van der Waals surface area (Å²) >= 11 is 0. The number of aromatic amines is 1. The van der Waals surface area contributed by atoms with Crippen molar-refractivity contribution in [1.82, 2.24) is 14.9 Å². The van der Waals surface area contributed by atoms with E-state index in [9.17, 15) is 4.79 Å². The Morgan fingerprint density at radius 3 is 2.58 bits per heavy atom. The van der Waals surface area contributed by atoms with Crippen molar-refractivity contribution in [2.45, 2.75) is 19.4 Å². The first-order valence-electron chi connectivity index (χ1n) is 8.59. The van der Waals surface area contributed by atoms with Gasteiger partial charge in [0, 0.05) is 30.7 Å². The van der Waals surface area contributed by atoms with Crippen molar-refractivity contribution >= 4 is 16.9 Å². The van der Waals surface area contributed by atoms with Gasteiger partial charge in [0.15, 0.2) is 0 Å². The molecule has 0 radical (unpaired) electrons. The number of H-pyrrole nitrogens is 1. The SMILES string of the molecule is COc1cccc(OC)c1C1c2[nH]c3ncccc3c2CCN1C(C)=O. The van der Waals surface area contributed by atoms with Gasteiger partial charge in [-0.2, -0.15) is 0 Å². The minimum atomic E-state index is -0.309. The first kappa shape index (κ1) is 16.4. The van der Waals surface area contributed by atoms with Crippen molar-refractivity contribution in [3.8, 4) is 11.5 Å². The molecule has 1 amide bonds. The van der Waals surface area contributed by atoms with Crippen LogP contribution < -0.4 is 9.47 Å². The van der Waals surface area contributed by atoms with Gasteiger partial charge in [-0.25, -0.2) is 4.98 Å². The molecule has 0 bridgehead atoms. The summed E-state index contributed by atoms with van der Waals surface area (Å²) in [5.74, 6) is 1.40. The van der Waals surface area contributed by atoms with Crippen molar-refractivity contribution in [3.63, 3.8) is 0 Å². The zero-order valence-corrected chi connectivity index (χ0v) is 15.1. The van der Waals surface area contributed by atoms with Crippen molar-refractivity contribution in [2.24, 2.45) is 0 Å². The van der Waals surface area contributed by atoms with E-state index in [0.717, 1.165) is 28.7 Å². The Balaban J connectivity index is 2.01. The van der Waals surface area contributed by atoms with Gasteiger partial charge in [0.1, 0.15) is 23.2 Å². The molecule has 1 atom stereocenters. The summed E-state index contributed by atoms with van der Waals surface area (Å²) in [5, 5.41) is 1.10. The fourth-order valence-corrected chi connectivity index (χ4v) is 3.91. The van der Waals surface area contributed by atoms with Crippen LogP contribution in [0.4, 0.5) is 0 Å². The average molecular weight is 351 g/mol. The number of ether oxygens (including phenoxy) is 2. The Hall–Kier alpha value is -3.02. The molecule has 3 aromatic rings. The van der Waals surface area contributed by atoms with Crippen LogP contribution in [0, 0.1) is 0 Å². The fraction of sp³-hybridized carbons (Fsp3) is 0.300. The van der Waals surface area contributed by atoms with Crippen LogP contribution in [0.5, 0.6) is 11.5 Å². The number of hydrogen-bond donors (Lipinski definition) is 1. The highest BCUT2D eigenvalue weighted by atomic mass is 16.5. The molecule has 3 heterocycles. The third-order valence-corrected chi connectivity index (χ3v) is 5.04. The van der Waals surface area contributed by atoms with Gasteiger partial charge in [0.25, 0.3) is 0 Å². The van der Waals surface area contributed by atoms with Gasteiger partial charge >= 0.3 is 0 Å². The second-order valence-corrected chi connectivity index (χ2v) is 6.36. The predicted octanol–water partition coefficient (Wildman–Crippen LogP) is 3.07. The van der Waals surface area contributed by atoms with Gasteiger partial charge in [-0.15, -0.1) is 0 Å². The van der Waals surface area contributed by atoms with Crippen molar-refractivity contribution in [2.75, 3.05) is 20.8 Å². The summed E-state index contributed by atoms with van der Waals surface area (Å²) in [5.41, 5.74) is 3.86. The number of pyridine rings is 1. The minimum absolute atomic E-state index is 0.0141. The smallest absolute Gasteiger partial charge is 0.220 e. The number of nitrogens with one attached hydrogen (secondary N) is 1. The highest BCUT2D eigenvalue weighted by Crippen LogP contribution is 2.44. The Labute approximate surface area is 151 Å². The molecule has 6 nitrogen and oxygen atoms in total. The molecule has 1 aliphatic heterocycles. The second-order valence-electron chi connectivity index (χ2n) is 6.36. The number of rotatable bonds is 3. The molecule has 134 valence electrons. The van der Waals surface area contributed by atoms with Gasteiger partial charge in [-0.3, -0.25) is 4.79 Å². The van der Waals surface area contributed by atoms with Gasteiger partial charge in [-0.05, 0) is 36.2 Å². The summed E-state index contributed by atoms with van der Waals surface area (Å²) in [4.78, 5) is 22.2. The first-order chi connectivity index (χ1) is 12.7. The normalized spacial score (nSPS) is 16.4. The Morgan fingerprint density at radius 2 is 1.92 bits per heavy atom. The summed E-state index contributed by atoms with van der Waals surface area (Å²) in [7, 11) is 3.26. The lowest BCUT2D eigenvalue weighted by molar-refractivity contribution is -0.130. The Kier molecular flexibility index (Phi) is 4.03. The van der Waals surface area contributed by atoms with Gasteiger partial charge in [-0.1, -0.05) is 6.07 Å². The summed E-state index contributed by atoms with van der Waals surface area (Å²) in [6, 6.07) is 9.37. The van der Waals surface area contributed by atoms with E-state index in [2.05, 4.69) is 16.0 Å². The van der Waals surface area contributed by atoms with Crippen molar-refractivity contribution in [1.29, 1.82) is 0 Å². The molecule has 4 rings (SSSR count). The molecule has 6 heteroatoms. The van der Waals surface area contributed by atoms with Crippen LogP contribution >= 0.6 is 0 Å². The van der Waals surface area contributed by atoms with Crippen LogP contribution in [0.1, 0.15) is 29.8 Å². The minimum Gasteiger partial charge on any atom is -0.496 e. The topological polar surface area (TPSA) is 67.5 Å². The number of carbonyl (C=O) groups is 1. The van der Waals surface area contributed by atoms with E-state index < -0.39 is 0 Å². The van der Waals surface area contributed by atoms with E-state index in [4.69, 9.17) is 9.47 Å². The highest BCUT2D eigenvalue weighted by Gasteiger charge is 2.36. The maximum atomic E-state index is 12.4. The molecule has 0 saturated carbocycles. The third-order valence-electron chi connectivity index (χ3n) is 5.04. The number of carbonyl (C=O) groups excluding carboxylic acids is 1. The summed E-state index contributed by atoms with van der Waals surface area (Å²) in [6.07, 6.45) is 2.56. The van der Waals surface area contributed by atoms with Crippen molar-refractivity contribution < 1.29 is 14.3 Å². The maximum Gasteiger partial charge on any atom is 0.220 e. The van der Waals surface area contributed by atoms with Crippen LogP contribution in [0.2, 0.25) is 0 Å². The quantitative estimate of drug-likeness (QED) is 0.787. The van der Waals surface area contributed by atoms with E-state index in [-0.39, 0.29) is 11.9 Å². The van der Waals surface area contributed by atoms with Gasteiger partial charge < -0.3 is 19.4 Å². The zero-order chi connectivity index (χ0) is 18.3. The zero-order valence-electron chi connectivity index (χ0n) is 15.1. The number of benzene rings is 1. The molecule has 1 N–H and O–H groups in total. The lowest BCUT2D eigenvalue weighted by atomic mass is 9.91. The lowest BCUT2D eigenvalue weighted by Gasteiger charge is -2.36. The molecule has 1 unspecified atom stereocenters. The number of hydrogen-bond acceptors (Lipinski definition) is 4. The number of aromatic nitrogens is 2. The summed E-state index contributed by atoms with van der Waals surface area (Å²) < 4.78 is 11.2. The van der Waals surface area contributed by atoms with Crippen LogP contribution in [-0.4, -0.2) is 41.5 Å². The van der Waals surface area contributed by atoms with Crippen LogP contribution in [0.3, 0.4) is 0 Å². The molecule has 0 saturated heterocycles. The van der Waals surface area contributed by atoms with Gasteiger partial charge in [0.05, 0.1) is 19.8 Å². The highest BCUT2D eigenvalue weighted by molar-refractivity contribution is 5.84. The third kappa shape index (κ3) is 2.41. The molecule has 0 fully saturated rings. The van der Waals surface area contributed by atoms with Crippen LogP contribution in [0.25, 0.3) is 11.0 Å². The van der Waals surface area contributed by atoms with E-state index in [0.29, 0.717) is 18.0 Å². The Morgan fingerprint density at radius 1 is 1.19 bits per heavy atom. The monoisotopic (exact) mass is 351 g/mol. The fourth-order valence-electron chi connectivity index (χ4n) is 3.91. The largest absolute Gasteiger partial charge is 0.496 e. The lowest BCUT2D eigenvalue weighted by Crippen LogP contribution is -2.39. The second kappa shape index (κ2) is 6.37. The molecule has 26 heavy (non-hydrogen) atoms. The molecule has 0 spiro atoms. The first-order valence-corrected chi connectivity index (χ1v) is 8.59. The number of methoxy groups -OCH3 is 2. The van der Waals surface area contributed by atoms with E-state index in [1.54, 1.807) is 27.3 Å². The number of nitrogens with zero attached hydrogens (tertiary/aromatic N) is 2. The molecule has 1 aliphatic rings. The molecular weight excluding hydrogens is 330 g/mol. The van der Waals surface area contributed by atoms with E-state index in [1.807, 2.05) is 29.2 Å². The predicted molar refractivity (Wildman–Crippen MR) is 98.6 cm³/mol. The number of amides is 1. The van der Waals surface area contributed by atoms with Crippen LogP contribution in [-0.2, 0) is 11.2 Å². The molecule has 1 aromatic carbocycles. The van der Waals surface area contributed by atoms with Crippen molar-refractivity contribution in [3.05, 3.63) is 53.3 Å². The number of fused-ring (bicyclic) bond motifs is 3. The molecule has 2 aromatic heterocycles.